The second-order valence-corrected chi connectivity index (χ2v) is 5.12. The first kappa shape index (κ1) is 11.8. The molecule has 0 radical (unpaired) electrons. The number of anilines is 1. The largest absolute Gasteiger partial charge is 0.368 e. The summed E-state index contributed by atoms with van der Waals surface area (Å²) in [6.07, 6.45) is 2.94. The molecule has 1 heterocycles. The van der Waals surface area contributed by atoms with Gasteiger partial charge in [-0.15, -0.1) is 0 Å². The summed E-state index contributed by atoms with van der Waals surface area (Å²) in [5.41, 5.74) is 2.16. The Morgan fingerprint density at radius 2 is 1.88 bits per heavy atom. The van der Waals surface area contributed by atoms with Crippen LogP contribution in [0.4, 0.5) is 5.82 Å². The molecule has 17 heavy (non-hydrogen) atoms. The average Bonchev–Trinajstić information content (AvgIpc) is 2.36. The van der Waals surface area contributed by atoms with Crippen molar-refractivity contribution < 1.29 is 0 Å². The summed E-state index contributed by atoms with van der Waals surface area (Å²) in [6, 6.07) is 7.92. The average molecular weight is 229 g/mol. The molecule has 90 valence electrons. The minimum atomic E-state index is 0.285. The number of aromatic nitrogens is 2. The van der Waals surface area contributed by atoms with Gasteiger partial charge in [0.1, 0.15) is 5.82 Å². The maximum absolute atomic E-state index is 4.54. The summed E-state index contributed by atoms with van der Waals surface area (Å²) < 4.78 is 0. The highest BCUT2D eigenvalue weighted by Gasteiger charge is 2.14. The van der Waals surface area contributed by atoms with Gasteiger partial charge in [0.25, 0.3) is 0 Å². The Kier molecular flexibility index (Phi) is 3.27. The molecule has 0 aliphatic carbocycles. The number of fused-ring (bicyclic) bond motifs is 1. The lowest BCUT2D eigenvalue weighted by molar-refractivity contribution is 0.376. The number of hydrogen-bond donors (Lipinski definition) is 1. The Labute approximate surface area is 102 Å². The fraction of sp³-hybridized carbons (Fsp3) is 0.429. The molecule has 2 rings (SSSR count). The molecule has 1 aromatic heterocycles. The third-order valence-electron chi connectivity index (χ3n) is 3.15. The quantitative estimate of drug-likeness (QED) is 0.872. The van der Waals surface area contributed by atoms with Crippen LogP contribution in [0.25, 0.3) is 11.0 Å². The van der Waals surface area contributed by atoms with Gasteiger partial charge in [-0.2, -0.15) is 0 Å². The van der Waals surface area contributed by atoms with Gasteiger partial charge in [-0.1, -0.05) is 32.9 Å². The van der Waals surface area contributed by atoms with E-state index < -0.39 is 0 Å². The molecule has 0 fully saturated rings. The van der Waals surface area contributed by atoms with Crippen LogP contribution in [0.1, 0.15) is 27.2 Å². The van der Waals surface area contributed by atoms with Crippen LogP contribution < -0.4 is 5.32 Å². The molecule has 0 atom stereocenters. The Morgan fingerprint density at radius 3 is 2.59 bits per heavy atom. The van der Waals surface area contributed by atoms with E-state index in [0.717, 1.165) is 29.8 Å². The normalized spacial score (nSPS) is 11.7. The number of benzene rings is 1. The van der Waals surface area contributed by atoms with Crippen LogP contribution in [-0.4, -0.2) is 16.5 Å². The molecule has 0 aliphatic heterocycles. The summed E-state index contributed by atoms with van der Waals surface area (Å²) in [5.74, 6) is 0.852. The first-order chi connectivity index (χ1) is 8.11. The van der Waals surface area contributed by atoms with E-state index in [1.807, 2.05) is 24.3 Å². The topological polar surface area (TPSA) is 37.8 Å². The highest BCUT2D eigenvalue weighted by atomic mass is 15.0. The number of rotatable bonds is 4. The third-order valence-corrected chi connectivity index (χ3v) is 3.15. The summed E-state index contributed by atoms with van der Waals surface area (Å²) in [6.45, 7) is 7.60. The Bertz CT molecular complexity index is 506. The van der Waals surface area contributed by atoms with Gasteiger partial charge in [0.15, 0.2) is 0 Å². The lowest BCUT2D eigenvalue weighted by atomic mass is 9.90. The summed E-state index contributed by atoms with van der Waals surface area (Å²) in [4.78, 5) is 8.92. The van der Waals surface area contributed by atoms with Crippen molar-refractivity contribution in [2.75, 3.05) is 11.9 Å². The van der Waals surface area contributed by atoms with Gasteiger partial charge in [0.2, 0.25) is 0 Å². The van der Waals surface area contributed by atoms with Crippen LogP contribution in [0.2, 0.25) is 0 Å². The maximum Gasteiger partial charge on any atom is 0.145 e. The van der Waals surface area contributed by atoms with Gasteiger partial charge in [-0.05, 0) is 24.0 Å². The number of para-hydroxylation sites is 2. The van der Waals surface area contributed by atoms with Crippen molar-refractivity contribution in [2.24, 2.45) is 5.41 Å². The lowest BCUT2D eigenvalue weighted by Gasteiger charge is -2.23. The SMILES string of the molecule is CCC(C)(C)CNc1cnc2ccccc2n1. The minimum Gasteiger partial charge on any atom is -0.368 e. The number of hydrogen-bond acceptors (Lipinski definition) is 3. The molecule has 1 N–H and O–H groups in total. The smallest absolute Gasteiger partial charge is 0.145 e. The van der Waals surface area contributed by atoms with E-state index in [1.54, 1.807) is 6.20 Å². The molecule has 2 aromatic rings. The number of nitrogens with one attached hydrogen (secondary N) is 1. The van der Waals surface area contributed by atoms with Crippen molar-refractivity contribution in [3.8, 4) is 0 Å². The Balaban J connectivity index is 2.14. The van der Waals surface area contributed by atoms with E-state index in [2.05, 4.69) is 36.1 Å². The fourth-order valence-electron chi connectivity index (χ4n) is 1.50. The molecule has 0 saturated heterocycles. The number of nitrogens with zero attached hydrogens (tertiary/aromatic N) is 2. The third kappa shape index (κ3) is 2.93. The molecule has 0 unspecified atom stereocenters. The van der Waals surface area contributed by atoms with Crippen molar-refractivity contribution in [3.05, 3.63) is 30.5 Å². The van der Waals surface area contributed by atoms with Gasteiger partial charge in [-0.3, -0.25) is 4.98 Å². The first-order valence-electron chi connectivity index (χ1n) is 6.06. The molecule has 0 aliphatic rings. The van der Waals surface area contributed by atoms with Crippen molar-refractivity contribution in [2.45, 2.75) is 27.2 Å². The van der Waals surface area contributed by atoms with Crippen LogP contribution in [0.15, 0.2) is 30.5 Å². The zero-order chi connectivity index (χ0) is 12.3. The Hall–Kier alpha value is -1.64. The standard InChI is InChI=1S/C14H19N3/c1-4-14(2,3)10-16-13-9-15-11-7-5-6-8-12(11)17-13/h5-9H,4,10H2,1-3H3,(H,16,17). The van der Waals surface area contributed by atoms with Gasteiger partial charge in [-0.25, -0.2) is 4.98 Å². The van der Waals surface area contributed by atoms with E-state index in [-0.39, 0.29) is 5.41 Å². The van der Waals surface area contributed by atoms with Gasteiger partial charge >= 0.3 is 0 Å². The van der Waals surface area contributed by atoms with Crippen LogP contribution in [-0.2, 0) is 0 Å². The van der Waals surface area contributed by atoms with E-state index in [0.29, 0.717) is 0 Å². The molecule has 0 saturated carbocycles. The second-order valence-electron chi connectivity index (χ2n) is 5.12. The molecule has 3 nitrogen and oxygen atoms in total. The van der Waals surface area contributed by atoms with E-state index in [4.69, 9.17) is 0 Å². The van der Waals surface area contributed by atoms with Crippen molar-refractivity contribution in [3.63, 3.8) is 0 Å². The van der Waals surface area contributed by atoms with Gasteiger partial charge in [0.05, 0.1) is 17.2 Å². The first-order valence-corrected chi connectivity index (χ1v) is 6.06. The van der Waals surface area contributed by atoms with Crippen LogP contribution in [0.3, 0.4) is 0 Å². The van der Waals surface area contributed by atoms with E-state index in [1.165, 1.54) is 0 Å². The predicted molar refractivity (Wildman–Crippen MR) is 72.1 cm³/mol. The molecular weight excluding hydrogens is 210 g/mol. The molecule has 0 spiro atoms. The second kappa shape index (κ2) is 4.70. The zero-order valence-corrected chi connectivity index (χ0v) is 10.7. The van der Waals surface area contributed by atoms with E-state index in [9.17, 15) is 0 Å². The van der Waals surface area contributed by atoms with Crippen molar-refractivity contribution >= 4 is 16.9 Å². The van der Waals surface area contributed by atoms with Gasteiger partial charge in [0, 0.05) is 6.54 Å². The summed E-state index contributed by atoms with van der Waals surface area (Å²) in [5, 5.41) is 3.35. The van der Waals surface area contributed by atoms with E-state index >= 15 is 0 Å². The predicted octanol–water partition coefficient (Wildman–Crippen LogP) is 3.48. The van der Waals surface area contributed by atoms with Crippen LogP contribution in [0.5, 0.6) is 0 Å². The molecule has 1 aromatic carbocycles. The molecule has 0 bridgehead atoms. The molecule has 3 heteroatoms. The fourth-order valence-corrected chi connectivity index (χ4v) is 1.50. The summed E-state index contributed by atoms with van der Waals surface area (Å²) in [7, 11) is 0. The van der Waals surface area contributed by atoms with Crippen molar-refractivity contribution in [1.29, 1.82) is 0 Å². The molecular formula is C14H19N3. The Morgan fingerprint density at radius 1 is 1.18 bits per heavy atom. The van der Waals surface area contributed by atoms with Crippen LogP contribution >= 0.6 is 0 Å². The maximum atomic E-state index is 4.54. The van der Waals surface area contributed by atoms with Gasteiger partial charge < -0.3 is 5.32 Å². The van der Waals surface area contributed by atoms with Crippen molar-refractivity contribution in [1.82, 2.24) is 9.97 Å². The highest BCUT2D eigenvalue weighted by Crippen LogP contribution is 2.20. The highest BCUT2D eigenvalue weighted by molar-refractivity contribution is 5.75. The summed E-state index contributed by atoms with van der Waals surface area (Å²) >= 11 is 0. The molecule has 0 amide bonds. The van der Waals surface area contributed by atoms with Crippen LogP contribution in [0, 0.1) is 5.41 Å². The lowest BCUT2D eigenvalue weighted by Crippen LogP contribution is -2.22. The minimum absolute atomic E-state index is 0.285. The monoisotopic (exact) mass is 229 g/mol. The zero-order valence-electron chi connectivity index (χ0n) is 10.7.